The van der Waals surface area contributed by atoms with E-state index >= 15 is 0 Å². The second kappa shape index (κ2) is 6.60. The third kappa shape index (κ3) is 3.61. The summed E-state index contributed by atoms with van der Waals surface area (Å²) < 4.78 is 27.3. The Hall–Kier alpha value is -1.28. The number of hydrazine groups is 1. The van der Waals surface area contributed by atoms with Gasteiger partial charge in [0.1, 0.15) is 4.88 Å². The van der Waals surface area contributed by atoms with Crippen LogP contribution in [0.15, 0.2) is 0 Å². The summed E-state index contributed by atoms with van der Waals surface area (Å²) in [7, 11) is 0. The Balaban J connectivity index is 2.83. The second-order valence-electron chi connectivity index (χ2n) is 3.54. The highest BCUT2D eigenvalue weighted by Gasteiger charge is 2.22. The number of amides is 1. The molecule has 0 spiro atoms. The number of nitrogens with two attached hydrogens (primary N) is 1. The second-order valence-corrected chi connectivity index (χ2v) is 4.95. The maximum absolute atomic E-state index is 13.8. The first-order valence-electron chi connectivity index (χ1n) is 5.29. The fraction of sp³-hybridized carbons (Fsp3) is 0.400. The van der Waals surface area contributed by atoms with Crippen LogP contribution in [0.5, 0.6) is 0 Å². The lowest BCUT2D eigenvalue weighted by atomic mass is 10.1. The van der Waals surface area contributed by atoms with Gasteiger partial charge in [-0.3, -0.25) is 15.6 Å². The van der Waals surface area contributed by atoms with Crippen LogP contribution in [-0.4, -0.2) is 11.0 Å². The van der Waals surface area contributed by atoms with Crippen LogP contribution < -0.4 is 16.6 Å². The topological polar surface area (TPSA) is 67.2 Å². The zero-order chi connectivity index (χ0) is 13.7. The minimum Gasteiger partial charge on any atom is -0.375 e. The minimum absolute atomic E-state index is 0.0395. The molecule has 100 valence electrons. The molecule has 0 fully saturated rings. The standard InChI is InChI=1S/C10H13F2N3OS2/c1-2-3-4-5-6(11)7(18-8(5)12)9(16)14-15-10(13)17/h2-4H2,1H3,(H,14,16)(H3,13,15,17). The molecule has 0 aliphatic heterocycles. The molecule has 8 heteroatoms. The van der Waals surface area contributed by atoms with Crippen LogP contribution >= 0.6 is 23.6 Å². The van der Waals surface area contributed by atoms with E-state index < -0.39 is 16.9 Å². The summed E-state index contributed by atoms with van der Waals surface area (Å²) in [6.45, 7) is 1.92. The van der Waals surface area contributed by atoms with Crippen molar-refractivity contribution in [3.8, 4) is 0 Å². The van der Waals surface area contributed by atoms with Gasteiger partial charge in [0.25, 0.3) is 5.91 Å². The molecule has 1 rings (SSSR count). The van der Waals surface area contributed by atoms with E-state index in [1.165, 1.54) is 0 Å². The molecule has 1 heterocycles. The number of unbranched alkanes of at least 4 members (excludes halogenated alkanes) is 1. The molecule has 1 amide bonds. The summed E-state index contributed by atoms with van der Waals surface area (Å²) in [6, 6.07) is 0. The van der Waals surface area contributed by atoms with Crippen LogP contribution in [0.25, 0.3) is 0 Å². The first-order valence-corrected chi connectivity index (χ1v) is 6.52. The predicted octanol–water partition coefficient (Wildman–Crippen LogP) is 1.85. The van der Waals surface area contributed by atoms with Crippen LogP contribution in [0.4, 0.5) is 8.78 Å². The number of rotatable bonds is 4. The van der Waals surface area contributed by atoms with E-state index in [1.54, 1.807) is 0 Å². The molecular weight excluding hydrogens is 280 g/mol. The first-order chi connectivity index (χ1) is 8.47. The number of nitrogens with one attached hydrogen (secondary N) is 2. The Kier molecular flexibility index (Phi) is 5.42. The molecule has 0 unspecified atom stereocenters. The largest absolute Gasteiger partial charge is 0.375 e. The average Bonchev–Trinajstić information content (AvgIpc) is 2.59. The van der Waals surface area contributed by atoms with Gasteiger partial charge in [0.2, 0.25) is 0 Å². The molecule has 1 aromatic heterocycles. The molecular formula is C10H13F2N3OS2. The number of hydrogen-bond donors (Lipinski definition) is 3. The number of hydrogen-bond acceptors (Lipinski definition) is 3. The first kappa shape index (κ1) is 14.8. The normalized spacial score (nSPS) is 10.2. The van der Waals surface area contributed by atoms with Crippen LogP contribution in [0.3, 0.4) is 0 Å². The third-order valence-corrected chi connectivity index (χ3v) is 3.28. The van der Waals surface area contributed by atoms with Crippen molar-refractivity contribution in [1.29, 1.82) is 0 Å². The Morgan fingerprint density at radius 1 is 1.44 bits per heavy atom. The lowest BCUT2D eigenvalue weighted by molar-refractivity contribution is 0.0944. The lowest BCUT2D eigenvalue weighted by Crippen LogP contribution is -2.44. The van der Waals surface area contributed by atoms with Gasteiger partial charge < -0.3 is 5.73 Å². The van der Waals surface area contributed by atoms with Gasteiger partial charge in [-0.05, 0) is 25.1 Å². The SMILES string of the molecule is CCCCc1c(F)sc(C(=O)NNC(N)=S)c1F. The molecule has 4 N–H and O–H groups in total. The van der Waals surface area contributed by atoms with Gasteiger partial charge in [0.05, 0.1) is 0 Å². The minimum atomic E-state index is -0.812. The monoisotopic (exact) mass is 293 g/mol. The summed E-state index contributed by atoms with van der Waals surface area (Å²) >= 11 is 4.95. The summed E-state index contributed by atoms with van der Waals surface area (Å²) in [4.78, 5) is 11.2. The zero-order valence-electron chi connectivity index (χ0n) is 9.68. The quantitative estimate of drug-likeness (QED) is 0.585. The van der Waals surface area contributed by atoms with E-state index in [2.05, 4.69) is 23.1 Å². The molecule has 0 aliphatic rings. The van der Waals surface area contributed by atoms with Crippen molar-refractivity contribution in [2.75, 3.05) is 0 Å². The Morgan fingerprint density at radius 2 is 2.11 bits per heavy atom. The lowest BCUT2D eigenvalue weighted by Gasteiger charge is -2.04. The van der Waals surface area contributed by atoms with Crippen LogP contribution in [0.2, 0.25) is 0 Å². The van der Waals surface area contributed by atoms with Crippen LogP contribution in [0, 0.1) is 10.9 Å². The highest BCUT2D eigenvalue weighted by molar-refractivity contribution is 7.80. The summed E-state index contributed by atoms with van der Waals surface area (Å²) in [6.07, 6.45) is 1.76. The van der Waals surface area contributed by atoms with E-state index in [-0.39, 0.29) is 22.0 Å². The van der Waals surface area contributed by atoms with Crippen LogP contribution in [-0.2, 0) is 6.42 Å². The molecule has 0 saturated heterocycles. The van der Waals surface area contributed by atoms with Crippen LogP contribution in [0.1, 0.15) is 35.0 Å². The smallest absolute Gasteiger partial charge is 0.282 e. The van der Waals surface area contributed by atoms with Crippen molar-refractivity contribution in [2.45, 2.75) is 26.2 Å². The Labute approximate surface area is 113 Å². The van der Waals surface area contributed by atoms with E-state index in [0.29, 0.717) is 17.8 Å². The van der Waals surface area contributed by atoms with Gasteiger partial charge in [-0.15, -0.1) is 0 Å². The highest BCUT2D eigenvalue weighted by Crippen LogP contribution is 2.27. The summed E-state index contributed by atoms with van der Waals surface area (Å²) in [5.74, 6) is -1.61. The Bertz CT molecular complexity index is 462. The van der Waals surface area contributed by atoms with E-state index in [1.807, 2.05) is 6.92 Å². The van der Waals surface area contributed by atoms with Gasteiger partial charge >= 0.3 is 0 Å². The van der Waals surface area contributed by atoms with Gasteiger partial charge in [0.15, 0.2) is 16.1 Å². The fourth-order valence-corrected chi connectivity index (χ4v) is 2.20. The van der Waals surface area contributed by atoms with Crippen molar-refractivity contribution in [2.24, 2.45) is 5.73 Å². The fourth-order valence-electron chi connectivity index (χ4n) is 1.30. The molecule has 1 aromatic rings. The number of carbonyl (C=O) groups is 1. The number of thiocarbonyl (C=S) groups is 1. The van der Waals surface area contributed by atoms with Gasteiger partial charge in [-0.25, -0.2) is 4.39 Å². The molecule has 18 heavy (non-hydrogen) atoms. The molecule has 0 aromatic carbocycles. The number of carbonyl (C=O) groups excluding carboxylic acids is 1. The van der Waals surface area contributed by atoms with E-state index in [0.717, 1.165) is 6.42 Å². The van der Waals surface area contributed by atoms with Crippen molar-refractivity contribution in [3.63, 3.8) is 0 Å². The van der Waals surface area contributed by atoms with Crippen molar-refractivity contribution >= 4 is 34.6 Å². The predicted molar refractivity (Wildman–Crippen MR) is 70.2 cm³/mol. The molecule has 4 nitrogen and oxygen atoms in total. The number of thiophene rings is 1. The van der Waals surface area contributed by atoms with Gasteiger partial charge in [-0.2, -0.15) is 4.39 Å². The van der Waals surface area contributed by atoms with E-state index in [9.17, 15) is 13.6 Å². The maximum Gasteiger partial charge on any atom is 0.282 e. The Morgan fingerprint density at radius 3 is 2.67 bits per heavy atom. The highest BCUT2D eigenvalue weighted by atomic mass is 32.1. The molecule has 0 aliphatic carbocycles. The zero-order valence-corrected chi connectivity index (χ0v) is 11.3. The molecule has 0 atom stereocenters. The van der Waals surface area contributed by atoms with E-state index in [4.69, 9.17) is 5.73 Å². The molecule has 0 saturated carbocycles. The maximum atomic E-state index is 13.8. The van der Waals surface area contributed by atoms with Crippen molar-refractivity contribution in [1.82, 2.24) is 10.9 Å². The molecule has 0 radical (unpaired) electrons. The number of halogens is 2. The van der Waals surface area contributed by atoms with Gasteiger partial charge in [0, 0.05) is 5.56 Å². The third-order valence-electron chi connectivity index (χ3n) is 2.18. The average molecular weight is 293 g/mol. The summed E-state index contributed by atoms with van der Waals surface area (Å²) in [5, 5.41) is -0.826. The molecule has 0 bridgehead atoms. The van der Waals surface area contributed by atoms with Crippen molar-refractivity contribution < 1.29 is 13.6 Å². The van der Waals surface area contributed by atoms with Gasteiger partial charge in [-0.1, -0.05) is 24.7 Å². The van der Waals surface area contributed by atoms with Crippen molar-refractivity contribution in [3.05, 3.63) is 21.4 Å². The summed E-state index contributed by atoms with van der Waals surface area (Å²) in [5.41, 5.74) is 9.31.